The molecule has 40 heavy (non-hydrogen) atoms. The number of alkyl halides is 1. The second-order valence-corrected chi connectivity index (χ2v) is 11.4. The minimum Gasteiger partial charge on any atom is -0.387 e. The number of pyridine rings is 1. The van der Waals surface area contributed by atoms with Gasteiger partial charge in [0.25, 0.3) is 11.8 Å². The van der Waals surface area contributed by atoms with Crippen LogP contribution in [0.4, 0.5) is 15.1 Å². The van der Waals surface area contributed by atoms with Gasteiger partial charge >= 0.3 is 0 Å². The highest BCUT2D eigenvalue weighted by Crippen LogP contribution is 2.40. The number of rotatable bonds is 8. The number of carbonyl (C=O) groups is 2. The Morgan fingerprint density at radius 3 is 2.77 bits per heavy atom. The third kappa shape index (κ3) is 5.25. The lowest BCUT2D eigenvalue weighted by atomic mass is 9.95. The first-order chi connectivity index (χ1) is 19.1. The van der Waals surface area contributed by atoms with Crippen molar-refractivity contribution in [1.82, 2.24) is 19.9 Å². The van der Waals surface area contributed by atoms with E-state index in [9.17, 15) is 24.3 Å². The van der Waals surface area contributed by atoms with Crippen LogP contribution in [0.3, 0.4) is 0 Å². The number of nitrogens with two attached hydrogens (primary N) is 1. The van der Waals surface area contributed by atoms with Crippen molar-refractivity contribution < 1.29 is 19.1 Å². The molecule has 12 heteroatoms. The number of aromatic nitrogens is 3. The number of carbonyl (C=O) groups excluding carboxylic acids is 2. The molecule has 1 aliphatic rings. The Kier molecular flexibility index (Phi) is 7.27. The van der Waals surface area contributed by atoms with Crippen molar-refractivity contribution in [2.75, 3.05) is 11.9 Å². The van der Waals surface area contributed by atoms with E-state index in [1.165, 1.54) is 37.6 Å². The largest absolute Gasteiger partial charge is 0.387 e. The van der Waals surface area contributed by atoms with E-state index in [4.69, 9.17) is 5.73 Å². The number of anilines is 2. The van der Waals surface area contributed by atoms with Gasteiger partial charge in [-0.05, 0) is 69.4 Å². The van der Waals surface area contributed by atoms with Crippen molar-refractivity contribution in [1.29, 1.82) is 5.26 Å². The van der Waals surface area contributed by atoms with E-state index < -0.39 is 30.1 Å². The van der Waals surface area contributed by atoms with Gasteiger partial charge in [0.2, 0.25) is 0 Å². The number of primary amides is 1. The highest BCUT2D eigenvalue weighted by Gasteiger charge is 2.28. The first kappa shape index (κ1) is 27.2. The molecule has 4 aromatic heterocycles. The van der Waals surface area contributed by atoms with Crippen molar-refractivity contribution in [3.05, 3.63) is 63.8 Å². The molecule has 0 aliphatic heterocycles. The van der Waals surface area contributed by atoms with Crippen molar-refractivity contribution in [3.63, 3.8) is 0 Å². The third-order valence-electron chi connectivity index (χ3n) is 6.91. The lowest BCUT2D eigenvalue weighted by molar-refractivity contribution is -0.00177. The molecular formula is C28H28FN7O3S. The van der Waals surface area contributed by atoms with Crippen LogP contribution < -0.4 is 16.4 Å². The van der Waals surface area contributed by atoms with Gasteiger partial charge in [0.1, 0.15) is 17.2 Å². The maximum absolute atomic E-state index is 14.4. The Hall–Kier alpha value is -4.34. The zero-order valence-corrected chi connectivity index (χ0v) is 22.8. The van der Waals surface area contributed by atoms with Gasteiger partial charge < -0.3 is 21.5 Å². The number of aliphatic hydroxyl groups is 1. The minimum absolute atomic E-state index is 0.120. The van der Waals surface area contributed by atoms with Gasteiger partial charge in [-0.3, -0.25) is 14.6 Å². The lowest BCUT2D eigenvalue weighted by Gasteiger charge is -2.22. The summed E-state index contributed by atoms with van der Waals surface area (Å²) >= 11 is 1.43. The van der Waals surface area contributed by atoms with E-state index in [0.717, 1.165) is 36.1 Å². The zero-order valence-electron chi connectivity index (χ0n) is 22.0. The van der Waals surface area contributed by atoms with Gasteiger partial charge in [-0.2, -0.15) is 10.4 Å². The Balaban J connectivity index is 1.57. The lowest BCUT2D eigenvalue weighted by Crippen LogP contribution is -2.42. The van der Waals surface area contributed by atoms with E-state index in [1.54, 1.807) is 28.8 Å². The summed E-state index contributed by atoms with van der Waals surface area (Å²) in [6.07, 6.45) is 4.70. The molecule has 206 valence electrons. The van der Waals surface area contributed by atoms with Crippen LogP contribution in [0.1, 0.15) is 63.4 Å². The normalized spacial score (nSPS) is 13.9. The number of nitrogens with one attached hydrogen (secondary N) is 2. The standard InChI is InChI=1S/C28H28FN7O3S/c1-28(2,39)23(29)14-33-26(38)18-13-32-20(21-8-7-16-9-15(11-30)12-34-36(16)21)10-19(18)35-27-24(25(31)37)17-5-3-4-6-22(17)40-27/h7-10,12-13,23,39H,3-6,14H2,1-2H3,(H2,31,37)(H,32,35)(H,33,38)/t23-/m1/s1. The molecular weight excluding hydrogens is 533 g/mol. The Labute approximate surface area is 233 Å². The predicted molar refractivity (Wildman–Crippen MR) is 149 cm³/mol. The summed E-state index contributed by atoms with van der Waals surface area (Å²) in [6.45, 7) is 2.25. The summed E-state index contributed by atoms with van der Waals surface area (Å²) in [7, 11) is 0. The molecule has 10 nitrogen and oxygen atoms in total. The van der Waals surface area contributed by atoms with Crippen LogP contribution in [-0.2, 0) is 12.8 Å². The maximum atomic E-state index is 14.4. The van der Waals surface area contributed by atoms with Crippen molar-refractivity contribution in [2.24, 2.45) is 5.73 Å². The van der Waals surface area contributed by atoms with Gasteiger partial charge in [-0.1, -0.05) is 0 Å². The average molecular weight is 562 g/mol. The molecule has 0 saturated carbocycles. The second-order valence-electron chi connectivity index (χ2n) is 10.3. The molecule has 0 unspecified atom stereocenters. The maximum Gasteiger partial charge on any atom is 0.255 e. The van der Waals surface area contributed by atoms with Gasteiger partial charge in [0.15, 0.2) is 0 Å². The van der Waals surface area contributed by atoms with Crippen LogP contribution in [0.2, 0.25) is 0 Å². The number of nitrogens with zero attached hydrogens (tertiary/aromatic N) is 4. The molecule has 0 radical (unpaired) electrons. The van der Waals surface area contributed by atoms with Gasteiger partial charge in [-0.15, -0.1) is 11.3 Å². The van der Waals surface area contributed by atoms with E-state index in [1.807, 2.05) is 0 Å². The molecule has 0 saturated heterocycles. The number of hydrogen-bond acceptors (Lipinski definition) is 8. The minimum atomic E-state index is -1.69. The quantitative estimate of drug-likeness (QED) is 0.254. The van der Waals surface area contributed by atoms with Gasteiger partial charge in [-0.25, -0.2) is 8.91 Å². The van der Waals surface area contributed by atoms with E-state index in [2.05, 4.69) is 26.8 Å². The topological polar surface area (TPSA) is 158 Å². The SMILES string of the molecule is CC(C)(O)[C@H](F)CNC(=O)c1cnc(-c2ccc3cc(C#N)cnn23)cc1Nc1sc2c(c1C(N)=O)CCCC2. The molecule has 4 aromatic rings. The fourth-order valence-electron chi connectivity index (χ4n) is 4.70. The summed E-state index contributed by atoms with van der Waals surface area (Å²) in [5.41, 5.74) is 8.15. The molecule has 1 atom stereocenters. The summed E-state index contributed by atoms with van der Waals surface area (Å²) in [4.78, 5) is 31.3. The summed E-state index contributed by atoms with van der Waals surface area (Å²) in [5.74, 6) is -1.16. The third-order valence-corrected chi connectivity index (χ3v) is 8.12. The summed E-state index contributed by atoms with van der Waals surface area (Å²) in [6, 6.07) is 9.01. The molecule has 5 N–H and O–H groups in total. The number of amides is 2. The average Bonchev–Trinajstić information content (AvgIpc) is 3.51. The van der Waals surface area contributed by atoms with Crippen molar-refractivity contribution in [2.45, 2.75) is 51.3 Å². The fraction of sp³-hybridized carbons (Fsp3) is 0.321. The van der Waals surface area contributed by atoms with E-state index in [0.29, 0.717) is 38.7 Å². The van der Waals surface area contributed by atoms with Crippen molar-refractivity contribution >= 4 is 39.4 Å². The second kappa shape index (κ2) is 10.7. The smallest absolute Gasteiger partial charge is 0.255 e. The number of nitriles is 1. The monoisotopic (exact) mass is 561 g/mol. The van der Waals surface area contributed by atoms with Gasteiger partial charge in [0.05, 0.1) is 57.6 Å². The number of hydrogen-bond donors (Lipinski definition) is 4. The molecule has 0 aromatic carbocycles. The first-order valence-corrected chi connectivity index (χ1v) is 13.6. The van der Waals surface area contributed by atoms with Crippen LogP contribution in [0.25, 0.3) is 16.9 Å². The van der Waals surface area contributed by atoms with Crippen LogP contribution in [0.5, 0.6) is 0 Å². The summed E-state index contributed by atoms with van der Waals surface area (Å²) < 4.78 is 16.0. The number of aryl methyl sites for hydroxylation is 1. The van der Waals surface area contributed by atoms with Crippen molar-refractivity contribution in [3.8, 4) is 17.5 Å². The molecule has 0 bridgehead atoms. The van der Waals surface area contributed by atoms with E-state index >= 15 is 0 Å². The molecule has 5 rings (SSSR count). The Morgan fingerprint density at radius 2 is 2.05 bits per heavy atom. The van der Waals surface area contributed by atoms with Gasteiger partial charge in [0, 0.05) is 11.1 Å². The molecule has 1 aliphatic carbocycles. The van der Waals surface area contributed by atoms with Crippen LogP contribution >= 0.6 is 11.3 Å². The zero-order chi connectivity index (χ0) is 28.6. The highest BCUT2D eigenvalue weighted by molar-refractivity contribution is 7.16. The highest BCUT2D eigenvalue weighted by atomic mass is 32.1. The molecule has 2 amide bonds. The van der Waals surface area contributed by atoms with Crippen LogP contribution in [0, 0.1) is 11.3 Å². The number of halogens is 1. The number of fused-ring (bicyclic) bond motifs is 2. The van der Waals surface area contributed by atoms with Crippen LogP contribution in [-0.4, -0.2) is 49.8 Å². The van der Waals surface area contributed by atoms with Crippen LogP contribution in [0.15, 0.2) is 36.7 Å². The van der Waals surface area contributed by atoms with E-state index in [-0.39, 0.29) is 5.56 Å². The Morgan fingerprint density at radius 1 is 1.27 bits per heavy atom. The molecule has 0 spiro atoms. The predicted octanol–water partition coefficient (Wildman–Crippen LogP) is 3.89. The fourth-order valence-corrected chi connectivity index (χ4v) is 6.01. The summed E-state index contributed by atoms with van der Waals surface area (Å²) in [5, 5.41) is 29.8. The first-order valence-electron chi connectivity index (χ1n) is 12.8. The molecule has 4 heterocycles. The Bertz CT molecular complexity index is 1660. The number of thiophene rings is 1. The molecule has 0 fully saturated rings.